The monoisotopic (exact) mass is 466 g/mol. The highest BCUT2D eigenvalue weighted by Crippen LogP contribution is 2.40. The fraction of sp³-hybridized carbons (Fsp3) is 0.308. The lowest BCUT2D eigenvalue weighted by molar-refractivity contribution is -0.137. The Morgan fingerprint density at radius 1 is 1.03 bits per heavy atom. The van der Waals surface area contributed by atoms with Crippen molar-refractivity contribution in [1.82, 2.24) is 10.3 Å². The first kappa shape index (κ1) is 22.3. The van der Waals surface area contributed by atoms with Crippen molar-refractivity contribution in [3.8, 4) is 0 Å². The molecule has 3 heterocycles. The molecule has 1 aromatic heterocycles. The van der Waals surface area contributed by atoms with E-state index >= 15 is 0 Å². The molecular weight excluding hydrogens is 441 g/mol. The molecule has 8 heteroatoms. The second kappa shape index (κ2) is 9.00. The summed E-state index contributed by atoms with van der Waals surface area (Å²) in [5.41, 5.74) is 2.49. The Morgan fingerprint density at radius 2 is 1.82 bits per heavy atom. The molecule has 2 atom stereocenters. The average Bonchev–Trinajstić information content (AvgIpc) is 2.86. The summed E-state index contributed by atoms with van der Waals surface area (Å²) in [6.07, 6.45) is -2.50. The van der Waals surface area contributed by atoms with Crippen molar-refractivity contribution in [2.24, 2.45) is 5.92 Å². The van der Waals surface area contributed by atoms with Gasteiger partial charge in [0.15, 0.2) is 0 Å². The average molecular weight is 467 g/mol. The first-order valence-electron chi connectivity index (χ1n) is 11.3. The van der Waals surface area contributed by atoms with Crippen LogP contribution in [-0.2, 0) is 23.9 Å². The van der Waals surface area contributed by atoms with Crippen molar-refractivity contribution in [3.05, 3.63) is 89.7 Å². The van der Waals surface area contributed by atoms with Crippen LogP contribution in [0.5, 0.6) is 0 Å². The molecule has 2 unspecified atom stereocenters. The smallest absolute Gasteiger partial charge is 0.368 e. The number of hydrogen-bond donors (Lipinski definition) is 1. The summed E-state index contributed by atoms with van der Waals surface area (Å²) in [4.78, 5) is 22.0. The molecule has 0 aliphatic carbocycles. The van der Waals surface area contributed by atoms with Gasteiger partial charge in [-0.15, -0.1) is 0 Å². The molecule has 1 saturated heterocycles. The molecule has 5 nitrogen and oxygen atoms in total. The van der Waals surface area contributed by atoms with Crippen molar-refractivity contribution >= 4 is 17.3 Å². The fourth-order valence-corrected chi connectivity index (χ4v) is 4.98. The van der Waals surface area contributed by atoms with Gasteiger partial charge in [0, 0.05) is 37.2 Å². The Balaban J connectivity index is 1.44. The van der Waals surface area contributed by atoms with Gasteiger partial charge in [-0.25, -0.2) is 0 Å². The molecule has 0 spiro atoms. The number of alkyl halides is 3. The summed E-state index contributed by atoms with van der Waals surface area (Å²) in [6, 6.07) is 19.2. The van der Waals surface area contributed by atoms with Gasteiger partial charge in [-0.3, -0.25) is 9.78 Å². The number of halogens is 3. The van der Waals surface area contributed by atoms with Crippen LogP contribution in [0, 0.1) is 5.92 Å². The van der Waals surface area contributed by atoms with E-state index in [-0.39, 0.29) is 24.9 Å². The summed E-state index contributed by atoms with van der Waals surface area (Å²) in [5, 5.41) is 2.96. The van der Waals surface area contributed by atoms with E-state index in [1.807, 2.05) is 42.5 Å². The number of piperazine rings is 1. The molecule has 2 aliphatic heterocycles. The maximum atomic E-state index is 13.4. The number of amides is 1. The van der Waals surface area contributed by atoms with Gasteiger partial charge in [0.05, 0.1) is 29.8 Å². The molecule has 2 aromatic carbocycles. The van der Waals surface area contributed by atoms with Crippen LogP contribution in [0.3, 0.4) is 0 Å². The maximum Gasteiger partial charge on any atom is 0.416 e. The first-order valence-corrected chi connectivity index (χ1v) is 11.3. The standard InChI is InChI=1S/C26H25F3N4O/c27-26(28,29)19-9-10-23-18(14-19)15-22(25(34)31-16-20-6-4-5-11-30-20)24-17-32(12-13-33(23)24)21-7-2-1-3-8-21/h1-11,14,22,24H,12-13,15-17H2,(H,31,34). The molecule has 2 aliphatic rings. The Labute approximate surface area is 196 Å². The highest BCUT2D eigenvalue weighted by molar-refractivity contribution is 5.82. The van der Waals surface area contributed by atoms with Crippen LogP contribution in [-0.4, -0.2) is 36.6 Å². The minimum absolute atomic E-state index is 0.151. The molecule has 34 heavy (non-hydrogen) atoms. The summed E-state index contributed by atoms with van der Waals surface area (Å²) < 4.78 is 40.2. The summed E-state index contributed by atoms with van der Waals surface area (Å²) in [6.45, 7) is 2.25. The zero-order chi connectivity index (χ0) is 23.7. The van der Waals surface area contributed by atoms with Gasteiger partial charge < -0.3 is 15.1 Å². The topological polar surface area (TPSA) is 48.5 Å². The van der Waals surface area contributed by atoms with Crippen molar-refractivity contribution in [3.63, 3.8) is 0 Å². The van der Waals surface area contributed by atoms with E-state index in [0.717, 1.165) is 29.7 Å². The predicted octanol–water partition coefficient (Wildman–Crippen LogP) is 4.28. The Bertz CT molecular complexity index is 1150. The first-order chi connectivity index (χ1) is 16.4. The Morgan fingerprint density at radius 3 is 2.56 bits per heavy atom. The van der Waals surface area contributed by atoms with Crippen LogP contribution < -0.4 is 15.1 Å². The number of benzene rings is 2. The third-order valence-corrected chi connectivity index (χ3v) is 6.67. The maximum absolute atomic E-state index is 13.4. The molecular formula is C26H25F3N4O. The van der Waals surface area contributed by atoms with E-state index in [0.29, 0.717) is 18.7 Å². The van der Waals surface area contributed by atoms with E-state index in [1.165, 1.54) is 6.07 Å². The normalized spacial score (nSPS) is 19.9. The van der Waals surface area contributed by atoms with Crippen molar-refractivity contribution in [2.45, 2.75) is 25.2 Å². The molecule has 1 N–H and O–H groups in total. The Kier molecular flexibility index (Phi) is 5.89. The lowest BCUT2D eigenvalue weighted by Gasteiger charge is -2.49. The minimum atomic E-state index is -4.42. The van der Waals surface area contributed by atoms with E-state index in [4.69, 9.17) is 0 Å². The number of carbonyl (C=O) groups excluding carboxylic acids is 1. The number of pyridine rings is 1. The molecule has 0 saturated carbocycles. The summed E-state index contributed by atoms with van der Waals surface area (Å²) in [5.74, 6) is -0.648. The highest BCUT2D eigenvalue weighted by atomic mass is 19.4. The van der Waals surface area contributed by atoms with Crippen LogP contribution in [0.25, 0.3) is 0 Å². The van der Waals surface area contributed by atoms with Gasteiger partial charge in [-0.2, -0.15) is 13.2 Å². The number of para-hydroxylation sites is 1. The quantitative estimate of drug-likeness (QED) is 0.624. The summed E-state index contributed by atoms with van der Waals surface area (Å²) >= 11 is 0. The molecule has 3 aromatic rings. The van der Waals surface area contributed by atoms with E-state index in [9.17, 15) is 18.0 Å². The van der Waals surface area contributed by atoms with Crippen molar-refractivity contribution in [1.29, 1.82) is 0 Å². The zero-order valence-corrected chi connectivity index (χ0v) is 18.5. The van der Waals surface area contributed by atoms with E-state index in [2.05, 4.69) is 20.1 Å². The largest absolute Gasteiger partial charge is 0.416 e. The number of carbonyl (C=O) groups is 1. The van der Waals surface area contributed by atoms with Crippen molar-refractivity contribution < 1.29 is 18.0 Å². The van der Waals surface area contributed by atoms with Crippen LogP contribution in [0.2, 0.25) is 0 Å². The van der Waals surface area contributed by atoms with Crippen LogP contribution in [0.15, 0.2) is 72.9 Å². The lowest BCUT2D eigenvalue weighted by atomic mass is 9.82. The molecule has 176 valence electrons. The second-order valence-corrected chi connectivity index (χ2v) is 8.73. The van der Waals surface area contributed by atoms with E-state index < -0.39 is 17.7 Å². The SMILES string of the molecule is O=C(NCc1ccccn1)C1Cc2cc(C(F)(F)F)ccc2N2CCN(c3ccccc3)CC12. The van der Waals surface area contributed by atoms with Gasteiger partial charge >= 0.3 is 6.18 Å². The van der Waals surface area contributed by atoms with Gasteiger partial charge in [0.2, 0.25) is 5.91 Å². The predicted molar refractivity (Wildman–Crippen MR) is 125 cm³/mol. The Hall–Kier alpha value is -3.55. The zero-order valence-electron chi connectivity index (χ0n) is 18.5. The third-order valence-electron chi connectivity index (χ3n) is 6.67. The number of nitrogens with one attached hydrogen (secondary N) is 1. The van der Waals surface area contributed by atoms with Gasteiger partial charge in [-0.1, -0.05) is 24.3 Å². The van der Waals surface area contributed by atoms with Gasteiger partial charge in [-0.05, 0) is 54.4 Å². The van der Waals surface area contributed by atoms with Gasteiger partial charge in [0.1, 0.15) is 0 Å². The molecule has 1 fully saturated rings. The number of hydrogen-bond acceptors (Lipinski definition) is 4. The van der Waals surface area contributed by atoms with Crippen LogP contribution in [0.4, 0.5) is 24.5 Å². The number of nitrogens with zero attached hydrogens (tertiary/aromatic N) is 3. The number of anilines is 2. The lowest BCUT2D eigenvalue weighted by Crippen LogP contribution is -2.61. The molecule has 0 radical (unpaired) electrons. The van der Waals surface area contributed by atoms with Crippen LogP contribution >= 0.6 is 0 Å². The molecule has 5 rings (SSSR count). The summed E-state index contributed by atoms with van der Waals surface area (Å²) in [7, 11) is 0. The fourth-order valence-electron chi connectivity index (χ4n) is 4.98. The van der Waals surface area contributed by atoms with Gasteiger partial charge in [0.25, 0.3) is 0 Å². The number of fused-ring (bicyclic) bond motifs is 3. The minimum Gasteiger partial charge on any atom is -0.368 e. The highest BCUT2D eigenvalue weighted by Gasteiger charge is 2.42. The van der Waals surface area contributed by atoms with Crippen molar-refractivity contribution in [2.75, 3.05) is 29.4 Å². The van der Waals surface area contributed by atoms with E-state index in [1.54, 1.807) is 18.3 Å². The number of aromatic nitrogens is 1. The number of rotatable bonds is 4. The van der Waals surface area contributed by atoms with Crippen LogP contribution in [0.1, 0.15) is 16.8 Å². The molecule has 1 amide bonds. The third kappa shape index (κ3) is 4.44. The second-order valence-electron chi connectivity index (χ2n) is 8.73. The molecule has 0 bridgehead atoms.